The van der Waals surface area contributed by atoms with Crippen LogP contribution in [0.5, 0.6) is 0 Å². The van der Waals surface area contributed by atoms with Gasteiger partial charge < -0.3 is 15.4 Å². The topological polar surface area (TPSA) is 50.4 Å². The average molecular weight is 329 g/mol. The first-order valence-corrected chi connectivity index (χ1v) is 9.51. The molecule has 0 rings (SSSR count). The third-order valence-electron chi connectivity index (χ3n) is 3.78. The van der Waals surface area contributed by atoms with Crippen molar-refractivity contribution in [3.8, 4) is 0 Å². The van der Waals surface area contributed by atoms with Gasteiger partial charge in [-0.05, 0) is 40.5 Å². The van der Waals surface area contributed by atoms with E-state index in [9.17, 15) is 4.79 Å². The standard InChI is InChI=1S/C19H40N2O2/c1-7-9-11-13-17(14-12-10-8-2)21-16(3)15-20-18(22)23-19(4,5)6/h16-17,21H,7-15H2,1-6H3,(H,20,22). The van der Waals surface area contributed by atoms with E-state index >= 15 is 0 Å². The summed E-state index contributed by atoms with van der Waals surface area (Å²) in [6.45, 7) is 12.9. The van der Waals surface area contributed by atoms with Crippen LogP contribution in [-0.2, 0) is 4.74 Å². The Morgan fingerprint density at radius 2 is 1.52 bits per heavy atom. The van der Waals surface area contributed by atoms with Gasteiger partial charge in [0.25, 0.3) is 0 Å². The summed E-state index contributed by atoms with van der Waals surface area (Å²) in [6.07, 6.45) is 9.82. The smallest absolute Gasteiger partial charge is 0.407 e. The first-order valence-electron chi connectivity index (χ1n) is 9.51. The SMILES string of the molecule is CCCCCC(CCCCC)NC(C)CNC(=O)OC(C)(C)C. The second-order valence-corrected chi connectivity index (χ2v) is 7.64. The number of carbonyl (C=O) groups is 1. The maximum atomic E-state index is 11.7. The summed E-state index contributed by atoms with van der Waals surface area (Å²) < 4.78 is 5.27. The fourth-order valence-electron chi connectivity index (χ4n) is 2.60. The van der Waals surface area contributed by atoms with E-state index in [0.717, 1.165) is 0 Å². The highest BCUT2D eigenvalue weighted by Gasteiger charge is 2.17. The summed E-state index contributed by atoms with van der Waals surface area (Å²) in [5.74, 6) is 0. The molecule has 1 amide bonds. The molecule has 0 aromatic heterocycles. The summed E-state index contributed by atoms with van der Waals surface area (Å²) in [4.78, 5) is 11.7. The quantitative estimate of drug-likeness (QED) is 0.495. The Balaban J connectivity index is 4.13. The number of hydrogen-bond donors (Lipinski definition) is 2. The van der Waals surface area contributed by atoms with Crippen LogP contribution >= 0.6 is 0 Å². The lowest BCUT2D eigenvalue weighted by Gasteiger charge is -2.25. The van der Waals surface area contributed by atoms with E-state index in [1.54, 1.807) is 0 Å². The highest BCUT2D eigenvalue weighted by Crippen LogP contribution is 2.12. The first-order chi connectivity index (χ1) is 10.8. The zero-order valence-corrected chi connectivity index (χ0v) is 16.3. The lowest BCUT2D eigenvalue weighted by Crippen LogP contribution is -2.45. The molecule has 0 radical (unpaired) electrons. The van der Waals surface area contributed by atoms with Crippen molar-refractivity contribution in [1.82, 2.24) is 10.6 Å². The molecule has 0 fully saturated rings. The van der Waals surface area contributed by atoms with Crippen molar-refractivity contribution in [3.05, 3.63) is 0 Å². The van der Waals surface area contributed by atoms with E-state index in [1.807, 2.05) is 20.8 Å². The number of rotatable bonds is 12. The highest BCUT2D eigenvalue weighted by molar-refractivity contribution is 5.67. The lowest BCUT2D eigenvalue weighted by molar-refractivity contribution is 0.0522. The number of amides is 1. The minimum Gasteiger partial charge on any atom is -0.444 e. The van der Waals surface area contributed by atoms with Crippen molar-refractivity contribution in [1.29, 1.82) is 0 Å². The van der Waals surface area contributed by atoms with Gasteiger partial charge in [-0.3, -0.25) is 0 Å². The molecule has 0 aliphatic rings. The van der Waals surface area contributed by atoms with Crippen molar-refractivity contribution in [2.24, 2.45) is 0 Å². The van der Waals surface area contributed by atoms with Crippen LogP contribution in [-0.4, -0.2) is 30.3 Å². The summed E-state index contributed by atoms with van der Waals surface area (Å²) >= 11 is 0. The molecule has 0 aliphatic heterocycles. The number of unbranched alkanes of at least 4 members (excludes halogenated alkanes) is 4. The monoisotopic (exact) mass is 328 g/mol. The predicted molar refractivity (Wildman–Crippen MR) is 98.9 cm³/mol. The zero-order valence-electron chi connectivity index (χ0n) is 16.3. The molecule has 0 saturated heterocycles. The molecule has 0 heterocycles. The normalized spacial score (nSPS) is 13.2. The van der Waals surface area contributed by atoms with Gasteiger partial charge in [-0.25, -0.2) is 4.79 Å². The molecule has 1 atom stereocenters. The summed E-state index contributed by atoms with van der Waals surface area (Å²) in [7, 11) is 0. The van der Waals surface area contributed by atoms with Crippen molar-refractivity contribution in [3.63, 3.8) is 0 Å². The first kappa shape index (κ1) is 22.2. The fourth-order valence-corrected chi connectivity index (χ4v) is 2.60. The molecule has 0 spiro atoms. The number of carbonyl (C=O) groups excluding carboxylic acids is 1. The second kappa shape index (κ2) is 12.6. The van der Waals surface area contributed by atoms with Gasteiger partial charge in [0, 0.05) is 18.6 Å². The molecular formula is C19H40N2O2. The molecule has 4 heteroatoms. The minimum atomic E-state index is -0.441. The van der Waals surface area contributed by atoms with Gasteiger partial charge in [0.2, 0.25) is 0 Å². The average Bonchev–Trinajstić information content (AvgIpc) is 2.43. The van der Waals surface area contributed by atoms with Crippen molar-refractivity contribution >= 4 is 6.09 Å². The number of ether oxygens (including phenoxy) is 1. The third-order valence-corrected chi connectivity index (χ3v) is 3.78. The lowest BCUT2D eigenvalue weighted by atomic mass is 10.0. The summed E-state index contributed by atoms with van der Waals surface area (Å²) in [6, 6.07) is 0.819. The molecule has 1 unspecified atom stereocenters. The minimum absolute atomic E-state index is 0.260. The van der Waals surface area contributed by atoms with Gasteiger partial charge in [-0.2, -0.15) is 0 Å². The van der Waals surface area contributed by atoms with E-state index in [0.29, 0.717) is 12.6 Å². The van der Waals surface area contributed by atoms with Gasteiger partial charge in [0.05, 0.1) is 0 Å². The van der Waals surface area contributed by atoms with Crippen LogP contribution in [0.2, 0.25) is 0 Å². The van der Waals surface area contributed by atoms with Crippen LogP contribution in [0.4, 0.5) is 4.79 Å². The largest absolute Gasteiger partial charge is 0.444 e. The van der Waals surface area contributed by atoms with E-state index < -0.39 is 5.60 Å². The zero-order chi connectivity index (χ0) is 17.7. The molecule has 138 valence electrons. The Morgan fingerprint density at radius 1 is 1.00 bits per heavy atom. The third kappa shape index (κ3) is 14.5. The molecule has 0 aliphatic carbocycles. The fraction of sp³-hybridized carbons (Fsp3) is 0.947. The maximum Gasteiger partial charge on any atom is 0.407 e. The Kier molecular flexibility index (Phi) is 12.2. The number of alkyl carbamates (subject to hydrolysis) is 1. The Hall–Kier alpha value is -0.770. The Bertz CT molecular complexity index is 290. The highest BCUT2D eigenvalue weighted by atomic mass is 16.6. The summed E-state index contributed by atoms with van der Waals surface area (Å²) in [5, 5.41) is 6.54. The second-order valence-electron chi connectivity index (χ2n) is 7.64. The van der Waals surface area contributed by atoms with Gasteiger partial charge in [0.1, 0.15) is 5.60 Å². The molecule has 23 heavy (non-hydrogen) atoms. The van der Waals surface area contributed by atoms with Crippen molar-refractivity contribution in [2.75, 3.05) is 6.54 Å². The Labute approximate surface area is 144 Å². The maximum absolute atomic E-state index is 11.7. The molecule has 0 bridgehead atoms. The molecular weight excluding hydrogens is 288 g/mol. The van der Waals surface area contributed by atoms with Gasteiger partial charge in [-0.1, -0.05) is 52.4 Å². The van der Waals surface area contributed by atoms with Crippen LogP contribution in [0.1, 0.15) is 92.9 Å². The van der Waals surface area contributed by atoms with Crippen LogP contribution in [0.3, 0.4) is 0 Å². The van der Waals surface area contributed by atoms with E-state index in [2.05, 4.69) is 31.4 Å². The number of nitrogens with one attached hydrogen (secondary N) is 2. The molecule has 0 aromatic rings. The van der Waals surface area contributed by atoms with Crippen molar-refractivity contribution < 1.29 is 9.53 Å². The van der Waals surface area contributed by atoms with Gasteiger partial charge in [0.15, 0.2) is 0 Å². The van der Waals surface area contributed by atoms with E-state index in [1.165, 1.54) is 51.4 Å². The molecule has 0 aromatic carbocycles. The van der Waals surface area contributed by atoms with E-state index in [4.69, 9.17) is 4.74 Å². The number of hydrogen-bond acceptors (Lipinski definition) is 3. The molecule has 2 N–H and O–H groups in total. The van der Waals surface area contributed by atoms with Crippen molar-refractivity contribution in [2.45, 2.75) is 111 Å². The van der Waals surface area contributed by atoms with E-state index in [-0.39, 0.29) is 12.1 Å². The van der Waals surface area contributed by atoms with Crippen LogP contribution in [0.25, 0.3) is 0 Å². The van der Waals surface area contributed by atoms with Crippen LogP contribution in [0, 0.1) is 0 Å². The van der Waals surface area contributed by atoms with Crippen LogP contribution in [0.15, 0.2) is 0 Å². The molecule has 4 nitrogen and oxygen atoms in total. The predicted octanol–water partition coefficient (Wildman–Crippen LogP) is 5.02. The summed E-state index contributed by atoms with van der Waals surface area (Å²) in [5.41, 5.74) is -0.441. The Morgan fingerprint density at radius 3 is 1.96 bits per heavy atom. The molecule has 0 saturated carbocycles. The van der Waals surface area contributed by atoms with Crippen LogP contribution < -0.4 is 10.6 Å². The van der Waals surface area contributed by atoms with Gasteiger partial charge in [-0.15, -0.1) is 0 Å². The van der Waals surface area contributed by atoms with Gasteiger partial charge >= 0.3 is 6.09 Å².